The van der Waals surface area contributed by atoms with Gasteiger partial charge in [-0.05, 0) is 42.2 Å². The van der Waals surface area contributed by atoms with E-state index in [1.54, 1.807) is 0 Å². The molecule has 1 aromatic rings. The zero-order valence-corrected chi connectivity index (χ0v) is 12.5. The Kier molecular flexibility index (Phi) is 4.64. The first-order valence-corrected chi connectivity index (χ1v) is 7.44. The minimum Gasteiger partial charge on any atom is -0.378 e. The van der Waals surface area contributed by atoms with Gasteiger partial charge in [0.1, 0.15) is 0 Å². The zero-order valence-electron chi connectivity index (χ0n) is 12.5. The van der Waals surface area contributed by atoms with E-state index in [1.807, 2.05) is 0 Å². The van der Waals surface area contributed by atoms with Crippen molar-refractivity contribution in [1.29, 1.82) is 0 Å². The van der Waals surface area contributed by atoms with Crippen LogP contribution in [0.4, 0.5) is 0 Å². The van der Waals surface area contributed by atoms with Gasteiger partial charge in [-0.3, -0.25) is 0 Å². The van der Waals surface area contributed by atoms with E-state index < -0.39 is 0 Å². The van der Waals surface area contributed by atoms with Gasteiger partial charge in [0.25, 0.3) is 0 Å². The normalized spacial score (nSPS) is 21.6. The molecule has 1 saturated heterocycles. The topological polar surface area (TPSA) is 35.2 Å². The average Bonchev–Trinajstić information content (AvgIpc) is 2.88. The van der Waals surface area contributed by atoms with Gasteiger partial charge in [-0.15, -0.1) is 0 Å². The predicted octanol–water partition coefficient (Wildman–Crippen LogP) is 3.94. The van der Waals surface area contributed by atoms with Gasteiger partial charge in [-0.1, -0.05) is 45.0 Å². The summed E-state index contributed by atoms with van der Waals surface area (Å²) in [6, 6.07) is 8.92. The van der Waals surface area contributed by atoms with Gasteiger partial charge in [0, 0.05) is 12.6 Å². The van der Waals surface area contributed by atoms with Crippen molar-refractivity contribution in [2.45, 2.75) is 64.0 Å². The van der Waals surface area contributed by atoms with Crippen LogP contribution < -0.4 is 5.73 Å². The maximum absolute atomic E-state index is 6.28. The first-order valence-electron chi connectivity index (χ1n) is 7.44. The van der Waals surface area contributed by atoms with Crippen LogP contribution in [0.15, 0.2) is 24.3 Å². The Morgan fingerprint density at radius 3 is 2.47 bits per heavy atom. The van der Waals surface area contributed by atoms with Crippen molar-refractivity contribution < 1.29 is 4.74 Å². The molecule has 1 aliphatic rings. The van der Waals surface area contributed by atoms with Crippen LogP contribution in [0.1, 0.15) is 63.6 Å². The molecule has 2 nitrogen and oxygen atoms in total. The summed E-state index contributed by atoms with van der Waals surface area (Å²) < 4.78 is 5.65. The third kappa shape index (κ3) is 4.05. The van der Waals surface area contributed by atoms with Crippen LogP contribution in [0.3, 0.4) is 0 Å². The molecule has 0 bridgehead atoms. The van der Waals surface area contributed by atoms with Crippen LogP contribution >= 0.6 is 0 Å². The summed E-state index contributed by atoms with van der Waals surface area (Å²) in [6.07, 6.45) is 4.96. The molecule has 2 unspecified atom stereocenters. The molecule has 0 aliphatic carbocycles. The van der Waals surface area contributed by atoms with E-state index in [9.17, 15) is 0 Å². The second kappa shape index (κ2) is 6.06. The van der Waals surface area contributed by atoms with Crippen LogP contribution in [0.2, 0.25) is 0 Å². The molecular weight excluding hydrogens is 234 g/mol. The van der Waals surface area contributed by atoms with Crippen LogP contribution in [0, 0.1) is 0 Å². The van der Waals surface area contributed by atoms with Crippen LogP contribution in [-0.2, 0) is 10.2 Å². The highest BCUT2D eigenvalue weighted by Crippen LogP contribution is 2.26. The minimum atomic E-state index is 0.137. The van der Waals surface area contributed by atoms with E-state index in [4.69, 9.17) is 10.5 Å². The molecule has 1 aromatic carbocycles. The molecule has 1 fully saturated rings. The highest BCUT2D eigenvalue weighted by Gasteiger charge is 2.18. The number of hydrogen-bond acceptors (Lipinski definition) is 2. The molecule has 0 aromatic heterocycles. The van der Waals surface area contributed by atoms with Crippen molar-refractivity contribution in [2.75, 3.05) is 6.61 Å². The van der Waals surface area contributed by atoms with Crippen LogP contribution in [0.5, 0.6) is 0 Å². The quantitative estimate of drug-likeness (QED) is 0.891. The average molecular weight is 261 g/mol. The summed E-state index contributed by atoms with van der Waals surface area (Å²) >= 11 is 0. The van der Waals surface area contributed by atoms with Crippen molar-refractivity contribution >= 4 is 0 Å². The summed E-state index contributed by atoms with van der Waals surface area (Å²) in [7, 11) is 0. The van der Waals surface area contributed by atoms with Gasteiger partial charge in [-0.25, -0.2) is 0 Å². The fourth-order valence-electron chi connectivity index (χ4n) is 2.63. The van der Waals surface area contributed by atoms with Crippen molar-refractivity contribution in [3.05, 3.63) is 35.4 Å². The van der Waals surface area contributed by atoms with Crippen LogP contribution in [-0.4, -0.2) is 12.7 Å². The van der Waals surface area contributed by atoms with Gasteiger partial charge in [0.15, 0.2) is 0 Å². The zero-order chi connectivity index (χ0) is 13.9. The summed E-state index contributed by atoms with van der Waals surface area (Å²) in [6.45, 7) is 7.64. The summed E-state index contributed by atoms with van der Waals surface area (Å²) in [5.41, 5.74) is 9.09. The Morgan fingerprint density at radius 1 is 1.26 bits per heavy atom. The molecule has 2 heteroatoms. The molecule has 1 heterocycles. The molecule has 0 saturated carbocycles. The van der Waals surface area contributed by atoms with Crippen molar-refractivity contribution in [3.8, 4) is 0 Å². The number of hydrogen-bond donors (Lipinski definition) is 1. The standard InChI is InChI=1S/C17H27NO/c1-17(2,3)14-8-6-13(7-9-14)16(18)11-10-15-5-4-12-19-15/h6-9,15-16H,4-5,10-12,18H2,1-3H3. The van der Waals surface area contributed by atoms with E-state index in [1.165, 1.54) is 24.0 Å². The molecule has 0 spiro atoms. The molecule has 2 atom stereocenters. The molecule has 106 valence electrons. The Hall–Kier alpha value is -0.860. The maximum Gasteiger partial charge on any atom is 0.0576 e. The van der Waals surface area contributed by atoms with Crippen molar-refractivity contribution in [1.82, 2.24) is 0 Å². The Balaban J connectivity index is 1.89. The monoisotopic (exact) mass is 261 g/mol. The summed E-state index contributed by atoms with van der Waals surface area (Å²) in [5, 5.41) is 0. The first kappa shape index (κ1) is 14.5. The van der Waals surface area contributed by atoms with Crippen molar-refractivity contribution in [2.24, 2.45) is 5.73 Å². The predicted molar refractivity (Wildman–Crippen MR) is 80.3 cm³/mol. The highest BCUT2D eigenvalue weighted by atomic mass is 16.5. The maximum atomic E-state index is 6.28. The molecular formula is C17H27NO. The second-order valence-electron chi connectivity index (χ2n) is 6.69. The molecule has 0 amide bonds. The molecule has 1 aliphatic heterocycles. The summed E-state index contributed by atoms with van der Waals surface area (Å²) in [5.74, 6) is 0. The lowest BCUT2D eigenvalue weighted by molar-refractivity contribution is 0.101. The number of nitrogens with two attached hydrogens (primary N) is 1. The van der Waals surface area contributed by atoms with Gasteiger partial charge >= 0.3 is 0 Å². The summed E-state index contributed by atoms with van der Waals surface area (Å²) in [4.78, 5) is 0. The lowest BCUT2D eigenvalue weighted by atomic mass is 9.86. The Labute approximate surface area is 117 Å². The van der Waals surface area contributed by atoms with Gasteiger partial charge in [0.05, 0.1) is 6.10 Å². The van der Waals surface area contributed by atoms with Crippen molar-refractivity contribution in [3.63, 3.8) is 0 Å². The van der Waals surface area contributed by atoms with E-state index in [0.717, 1.165) is 19.4 Å². The Bertz CT molecular complexity index is 385. The van der Waals surface area contributed by atoms with E-state index in [-0.39, 0.29) is 11.5 Å². The second-order valence-corrected chi connectivity index (χ2v) is 6.69. The molecule has 0 radical (unpaired) electrons. The lowest BCUT2D eigenvalue weighted by Gasteiger charge is -2.20. The van der Waals surface area contributed by atoms with E-state index in [2.05, 4.69) is 45.0 Å². The number of benzene rings is 1. The molecule has 2 rings (SSSR count). The smallest absolute Gasteiger partial charge is 0.0576 e. The van der Waals surface area contributed by atoms with Crippen LogP contribution in [0.25, 0.3) is 0 Å². The SMILES string of the molecule is CC(C)(C)c1ccc(C(N)CCC2CCCO2)cc1. The molecule has 2 N–H and O–H groups in total. The molecule has 19 heavy (non-hydrogen) atoms. The largest absolute Gasteiger partial charge is 0.378 e. The minimum absolute atomic E-state index is 0.137. The highest BCUT2D eigenvalue weighted by molar-refractivity contribution is 5.29. The third-order valence-electron chi connectivity index (χ3n) is 4.03. The fraction of sp³-hybridized carbons (Fsp3) is 0.647. The first-order chi connectivity index (χ1) is 8.97. The Morgan fingerprint density at radius 2 is 1.95 bits per heavy atom. The van der Waals surface area contributed by atoms with Gasteiger partial charge in [-0.2, -0.15) is 0 Å². The van der Waals surface area contributed by atoms with Gasteiger partial charge < -0.3 is 10.5 Å². The third-order valence-corrected chi connectivity index (χ3v) is 4.03. The number of ether oxygens (including phenoxy) is 1. The van der Waals surface area contributed by atoms with E-state index >= 15 is 0 Å². The fourth-order valence-corrected chi connectivity index (χ4v) is 2.63. The van der Waals surface area contributed by atoms with Gasteiger partial charge in [0.2, 0.25) is 0 Å². The number of rotatable bonds is 4. The lowest BCUT2D eigenvalue weighted by Crippen LogP contribution is -2.15. The van der Waals surface area contributed by atoms with E-state index in [0.29, 0.717) is 6.10 Å².